The van der Waals surface area contributed by atoms with Gasteiger partial charge in [-0.1, -0.05) is 0 Å². The van der Waals surface area contributed by atoms with Gasteiger partial charge in [-0.05, 0) is 34.0 Å². The molecule has 0 saturated carbocycles. The van der Waals surface area contributed by atoms with E-state index < -0.39 is 0 Å². The molecule has 1 atom stereocenters. The van der Waals surface area contributed by atoms with Crippen molar-refractivity contribution in [3.63, 3.8) is 0 Å². The number of aryl methyl sites for hydroxylation is 2. The molecule has 1 unspecified atom stereocenters. The van der Waals surface area contributed by atoms with Gasteiger partial charge in [0.15, 0.2) is 0 Å². The molecule has 2 rings (SSSR count). The van der Waals surface area contributed by atoms with E-state index in [1.165, 1.54) is 0 Å². The van der Waals surface area contributed by atoms with Gasteiger partial charge in [0.05, 0.1) is 11.6 Å². The fraction of sp³-hybridized carbons (Fsp3) is 0.667. The summed E-state index contributed by atoms with van der Waals surface area (Å²) in [6, 6.07) is 1.82. The Morgan fingerprint density at radius 2 is 2.23 bits per heavy atom. The van der Waals surface area contributed by atoms with Crippen LogP contribution in [0.3, 0.4) is 0 Å². The molecule has 0 aromatic carbocycles. The van der Waals surface area contributed by atoms with E-state index in [1.807, 2.05) is 27.1 Å². The molecule has 1 aliphatic heterocycles. The fourth-order valence-electron chi connectivity index (χ4n) is 2.70. The maximum absolute atomic E-state index is 12.3. The first-order valence-corrected chi connectivity index (χ1v) is 7.61. The van der Waals surface area contributed by atoms with Crippen LogP contribution in [0.15, 0.2) is 6.07 Å². The van der Waals surface area contributed by atoms with Crippen LogP contribution in [0.2, 0.25) is 0 Å². The SMILES string of the molecule is Cc1cc(NC(=O)C2CC(=O)N(CCCN(C)C)C2)n(C)n1. The van der Waals surface area contributed by atoms with Crippen molar-refractivity contribution in [2.24, 2.45) is 13.0 Å². The van der Waals surface area contributed by atoms with Crippen LogP contribution >= 0.6 is 0 Å². The third-order valence-corrected chi connectivity index (χ3v) is 3.87. The Morgan fingerprint density at radius 1 is 1.50 bits per heavy atom. The second kappa shape index (κ2) is 6.91. The normalized spacial score (nSPS) is 18.3. The smallest absolute Gasteiger partial charge is 0.230 e. The van der Waals surface area contributed by atoms with Gasteiger partial charge in [0, 0.05) is 32.6 Å². The number of carbonyl (C=O) groups is 2. The summed E-state index contributed by atoms with van der Waals surface area (Å²) >= 11 is 0. The van der Waals surface area contributed by atoms with Crippen molar-refractivity contribution in [2.45, 2.75) is 19.8 Å². The molecule has 1 fully saturated rings. The zero-order chi connectivity index (χ0) is 16.3. The molecule has 1 saturated heterocycles. The highest BCUT2D eigenvalue weighted by Gasteiger charge is 2.34. The van der Waals surface area contributed by atoms with E-state index in [1.54, 1.807) is 16.6 Å². The minimum Gasteiger partial charge on any atom is -0.342 e. The van der Waals surface area contributed by atoms with Crippen LogP contribution in [0.5, 0.6) is 0 Å². The molecular formula is C15H25N5O2. The summed E-state index contributed by atoms with van der Waals surface area (Å²) in [5.41, 5.74) is 0.852. The molecule has 122 valence electrons. The van der Waals surface area contributed by atoms with Crippen LogP contribution in [0.1, 0.15) is 18.5 Å². The Bertz CT molecular complexity index is 552. The fourth-order valence-corrected chi connectivity index (χ4v) is 2.70. The zero-order valence-corrected chi connectivity index (χ0v) is 13.8. The summed E-state index contributed by atoms with van der Waals surface area (Å²) in [7, 11) is 5.81. The first-order chi connectivity index (χ1) is 10.4. The average Bonchev–Trinajstić information content (AvgIpc) is 2.93. The number of carbonyl (C=O) groups excluding carboxylic acids is 2. The number of rotatable bonds is 6. The zero-order valence-electron chi connectivity index (χ0n) is 13.8. The lowest BCUT2D eigenvalue weighted by atomic mass is 10.1. The Hall–Kier alpha value is -1.89. The Labute approximate surface area is 131 Å². The lowest BCUT2D eigenvalue weighted by molar-refractivity contribution is -0.128. The predicted octanol–water partition coefficient (Wildman–Crippen LogP) is 0.467. The molecule has 1 aliphatic rings. The Morgan fingerprint density at radius 3 is 2.82 bits per heavy atom. The van der Waals surface area contributed by atoms with Gasteiger partial charge in [-0.2, -0.15) is 5.10 Å². The third-order valence-electron chi connectivity index (χ3n) is 3.87. The van der Waals surface area contributed by atoms with E-state index in [0.29, 0.717) is 25.3 Å². The van der Waals surface area contributed by atoms with Gasteiger partial charge in [-0.15, -0.1) is 0 Å². The van der Waals surface area contributed by atoms with Gasteiger partial charge >= 0.3 is 0 Å². The summed E-state index contributed by atoms with van der Waals surface area (Å²) in [5.74, 6) is 0.356. The molecule has 7 nitrogen and oxygen atoms in total. The van der Waals surface area contributed by atoms with Gasteiger partial charge in [-0.25, -0.2) is 0 Å². The molecule has 22 heavy (non-hydrogen) atoms. The summed E-state index contributed by atoms with van der Waals surface area (Å²) in [6.07, 6.45) is 1.22. The van der Waals surface area contributed by atoms with Gasteiger partial charge in [0.2, 0.25) is 11.8 Å². The van der Waals surface area contributed by atoms with Crippen molar-refractivity contribution in [2.75, 3.05) is 39.0 Å². The Balaban J connectivity index is 1.87. The van der Waals surface area contributed by atoms with Gasteiger partial charge in [0.1, 0.15) is 5.82 Å². The average molecular weight is 307 g/mol. The van der Waals surface area contributed by atoms with Crippen LogP contribution < -0.4 is 5.32 Å². The number of nitrogens with zero attached hydrogens (tertiary/aromatic N) is 4. The quantitative estimate of drug-likeness (QED) is 0.829. The highest BCUT2D eigenvalue weighted by Crippen LogP contribution is 2.20. The van der Waals surface area contributed by atoms with Crippen molar-refractivity contribution in [1.29, 1.82) is 0 Å². The number of hydrogen-bond donors (Lipinski definition) is 1. The second-order valence-corrected chi connectivity index (χ2v) is 6.18. The number of nitrogens with one attached hydrogen (secondary N) is 1. The largest absolute Gasteiger partial charge is 0.342 e. The molecule has 1 N–H and O–H groups in total. The minimum atomic E-state index is -0.276. The summed E-state index contributed by atoms with van der Waals surface area (Å²) in [5, 5.41) is 7.06. The van der Waals surface area contributed by atoms with Gasteiger partial charge in [-0.3, -0.25) is 14.3 Å². The van der Waals surface area contributed by atoms with E-state index in [9.17, 15) is 9.59 Å². The van der Waals surface area contributed by atoms with Crippen molar-refractivity contribution in [3.05, 3.63) is 11.8 Å². The summed E-state index contributed by atoms with van der Waals surface area (Å²) < 4.78 is 1.64. The van der Waals surface area contributed by atoms with Crippen molar-refractivity contribution >= 4 is 17.6 Å². The van der Waals surface area contributed by atoms with Crippen LogP contribution in [-0.2, 0) is 16.6 Å². The van der Waals surface area contributed by atoms with Crippen molar-refractivity contribution < 1.29 is 9.59 Å². The minimum absolute atomic E-state index is 0.0695. The van der Waals surface area contributed by atoms with E-state index in [-0.39, 0.29) is 17.7 Å². The summed E-state index contributed by atoms with van der Waals surface area (Å²) in [4.78, 5) is 28.2. The lowest BCUT2D eigenvalue weighted by Crippen LogP contribution is -2.30. The lowest BCUT2D eigenvalue weighted by Gasteiger charge is -2.18. The van der Waals surface area contributed by atoms with Crippen molar-refractivity contribution in [3.8, 4) is 0 Å². The van der Waals surface area contributed by atoms with Gasteiger partial charge in [0.25, 0.3) is 0 Å². The monoisotopic (exact) mass is 307 g/mol. The van der Waals surface area contributed by atoms with Crippen LogP contribution in [-0.4, -0.2) is 65.1 Å². The van der Waals surface area contributed by atoms with E-state index >= 15 is 0 Å². The molecule has 0 aliphatic carbocycles. The number of amides is 2. The molecule has 2 amide bonds. The number of likely N-dealkylation sites (tertiary alicyclic amines) is 1. The maximum Gasteiger partial charge on any atom is 0.230 e. The third kappa shape index (κ3) is 4.07. The van der Waals surface area contributed by atoms with Gasteiger partial charge < -0.3 is 15.1 Å². The maximum atomic E-state index is 12.3. The van der Waals surface area contributed by atoms with E-state index in [0.717, 1.165) is 18.7 Å². The Kier molecular flexibility index (Phi) is 5.18. The molecule has 0 spiro atoms. The molecule has 1 aromatic rings. The molecular weight excluding hydrogens is 282 g/mol. The molecule has 2 heterocycles. The number of anilines is 1. The standard InChI is InChI=1S/C15H25N5O2/c1-11-8-13(19(4)17-11)16-15(22)12-9-14(21)20(10-12)7-5-6-18(2)3/h8,12H,5-7,9-10H2,1-4H3,(H,16,22). The first kappa shape index (κ1) is 16.5. The number of hydrogen-bond acceptors (Lipinski definition) is 4. The second-order valence-electron chi connectivity index (χ2n) is 6.18. The molecule has 0 bridgehead atoms. The number of aromatic nitrogens is 2. The van der Waals surface area contributed by atoms with E-state index in [2.05, 4.69) is 15.3 Å². The molecule has 0 radical (unpaired) electrons. The van der Waals surface area contributed by atoms with Crippen LogP contribution in [0.25, 0.3) is 0 Å². The molecule has 7 heteroatoms. The molecule has 1 aromatic heterocycles. The highest BCUT2D eigenvalue weighted by atomic mass is 16.2. The van der Waals surface area contributed by atoms with Crippen LogP contribution in [0.4, 0.5) is 5.82 Å². The predicted molar refractivity (Wildman–Crippen MR) is 84.4 cm³/mol. The van der Waals surface area contributed by atoms with Crippen molar-refractivity contribution in [1.82, 2.24) is 19.6 Å². The first-order valence-electron chi connectivity index (χ1n) is 7.61. The highest BCUT2D eigenvalue weighted by molar-refractivity contribution is 5.96. The van der Waals surface area contributed by atoms with E-state index in [4.69, 9.17) is 0 Å². The topological polar surface area (TPSA) is 70.5 Å². The van der Waals surface area contributed by atoms with Crippen LogP contribution in [0, 0.1) is 12.8 Å². The summed E-state index contributed by atoms with van der Waals surface area (Å²) in [6.45, 7) is 4.04.